The normalized spacial score (nSPS) is 24.3. The molecule has 2 fully saturated rings. The number of anilines is 1. The number of pyridine rings is 1. The Hall–Kier alpha value is -3.11. The highest BCUT2D eigenvalue weighted by atomic mass is 79.9. The molecule has 1 amide bonds. The van der Waals surface area contributed by atoms with Crippen molar-refractivity contribution in [3.05, 3.63) is 47.3 Å². The SMILES string of the molecule is CC1(NC(=O)[C@@H]2CC[C@@H](Nc3ncc4c(Br)nn(-c5ccc6ncccc6c5)c4n3)C2)CCOC1. The van der Waals surface area contributed by atoms with Gasteiger partial charge < -0.3 is 15.4 Å². The first-order chi connectivity index (χ1) is 17.0. The second-order valence-electron chi connectivity index (χ2n) is 9.72. The largest absolute Gasteiger partial charge is 0.379 e. The van der Waals surface area contributed by atoms with Gasteiger partial charge in [0.25, 0.3) is 0 Å². The van der Waals surface area contributed by atoms with Gasteiger partial charge in [-0.15, -0.1) is 0 Å². The Morgan fingerprint density at radius 1 is 1.26 bits per heavy atom. The first kappa shape index (κ1) is 22.4. The standard InChI is InChI=1S/C25H26BrN7O2/c1-25(8-10-35-14-25)31-23(34)16-4-5-17(11-16)29-24-28-13-19-21(26)32-33(22(19)30-24)18-6-7-20-15(12-18)3-2-9-27-20/h2-3,6-7,9,12-13,16-17H,4-5,8,10-11,14H2,1H3,(H,31,34)(H,28,29,30)/t16-,17-,25?/m1/s1. The molecule has 10 heteroatoms. The second kappa shape index (κ2) is 8.83. The molecule has 3 atom stereocenters. The third-order valence-corrected chi connectivity index (χ3v) is 7.58. The van der Waals surface area contributed by atoms with Crippen molar-refractivity contribution in [1.29, 1.82) is 0 Å². The number of rotatable bonds is 5. The first-order valence-electron chi connectivity index (χ1n) is 11.9. The van der Waals surface area contributed by atoms with Gasteiger partial charge in [-0.25, -0.2) is 9.67 Å². The van der Waals surface area contributed by atoms with Crippen LogP contribution in [0.1, 0.15) is 32.6 Å². The number of hydrogen-bond acceptors (Lipinski definition) is 7. The molecule has 1 saturated carbocycles. The lowest BCUT2D eigenvalue weighted by atomic mass is 9.99. The summed E-state index contributed by atoms with van der Waals surface area (Å²) in [5.74, 6) is 0.641. The maximum atomic E-state index is 12.8. The molecule has 35 heavy (non-hydrogen) atoms. The summed E-state index contributed by atoms with van der Waals surface area (Å²) in [5.41, 5.74) is 2.28. The number of carbonyl (C=O) groups is 1. The van der Waals surface area contributed by atoms with Crippen molar-refractivity contribution in [3.8, 4) is 5.69 Å². The zero-order valence-electron chi connectivity index (χ0n) is 19.4. The molecule has 0 radical (unpaired) electrons. The Kier molecular flexibility index (Phi) is 5.64. The number of nitrogens with one attached hydrogen (secondary N) is 2. The Labute approximate surface area is 210 Å². The summed E-state index contributed by atoms with van der Waals surface area (Å²) in [4.78, 5) is 26.5. The van der Waals surface area contributed by atoms with Gasteiger partial charge in [-0.3, -0.25) is 9.78 Å². The van der Waals surface area contributed by atoms with E-state index in [1.165, 1.54) is 0 Å². The van der Waals surface area contributed by atoms with Crippen LogP contribution in [-0.4, -0.2) is 55.4 Å². The Balaban J connectivity index is 1.21. The van der Waals surface area contributed by atoms with Crippen LogP contribution in [0.2, 0.25) is 0 Å². The summed E-state index contributed by atoms with van der Waals surface area (Å²) < 4.78 is 7.97. The van der Waals surface area contributed by atoms with E-state index in [0.717, 1.165) is 47.7 Å². The van der Waals surface area contributed by atoms with Crippen molar-refractivity contribution in [2.45, 2.75) is 44.2 Å². The molecule has 4 heterocycles. The van der Waals surface area contributed by atoms with Gasteiger partial charge in [-0.2, -0.15) is 10.1 Å². The molecule has 0 bridgehead atoms. The molecule has 4 aromatic rings. The lowest BCUT2D eigenvalue weighted by Gasteiger charge is -2.25. The number of benzene rings is 1. The number of halogens is 1. The molecule has 1 aliphatic heterocycles. The van der Waals surface area contributed by atoms with E-state index in [4.69, 9.17) is 9.72 Å². The van der Waals surface area contributed by atoms with E-state index in [1.54, 1.807) is 12.4 Å². The molecule has 2 aliphatic rings. The first-order valence-corrected chi connectivity index (χ1v) is 12.7. The van der Waals surface area contributed by atoms with E-state index in [-0.39, 0.29) is 23.4 Å². The van der Waals surface area contributed by atoms with Crippen molar-refractivity contribution in [2.75, 3.05) is 18.5 Å². The smallest absolute Gasteiger partial charge is 0.224 e. The van der Waals surface area contributed by atoms with Crippen LogP contribution in [0.4, 0.5) is 5.95 Å². The van der Waals surface area contributed by atoms with Crippen molar-refractivity contribution in [1.82, 2.24) is 30.0 Å². The summed E-state index contributed by atoms with van der Waals surface area (Å²) in [6, 6.07) is 10.1. The van der Waals surface area contributed by atoms with E-state index in [9.17, 15) is 4.79 Å². The van der Waals surface area contributed by atoms with Gasteiger partial charge in [0.2, 0.25) is 11.9 Å². The minimum atomic E-state index is -0.249. The van der Waals surface area contributed by atoms with Gasteiger partial charge >= 0.3 is 0 Å². The Morgan fingerprint density at radius 2 is 2.17 bits per heavy atom. The minimum absolute atomic E-state index is 0.0143. The number of ether oxygens (including phenoxy) is 1. The third-order valence-electron chi connectivity index (χ3n) is 6.99. The van der Waals surface area contributed by atoms with Crippen LogP contribution in [0.15, 0.2) is 47.3 Å². The summed E-state index contributed by atoms with van der Waals surface area (Å²) in [6.07, 6.45) is 6.92. The summed E-state index contributed by atoms with van der Waals surface area (Å²) in [7, 11) is 0. The molecule has 2 N–H and O–H groups in total. The fraction of sp³-hybridized carbons (Fsp3) is 0.400. The van der Waals surface area contributed by atoms with E-state index >= 15 is 0 Å². The molecule has 6 rings (SSSR count). The highest BCUT2D eigenvalue weighted by Gasteiger charge is 2.36. The maximum Gasteiger partial charge on any atom is 0.224 e. The molecule has 1 aliphatic carbocycles. The molecular weight excluding hydrogens is 510 g/mol. The minimum Gasteiger partial charge on any atom is -0.379 e. The Bertz CT molecular complexity index is 1420. The quantitative estimate of drug-likeness (QED) is 0.397. The summed E-state index contributed by atoms with van der Waals surface area (Å²) in [5, 5.41) is 13.2. The van der Waals surface area contributed by atoms with Gasteiger partial charge in [0.1, 0.15) is 4.60 Å². The van der Waals surface area contributed by atoms with Crippen LogP contribution in [0.5, 0.6) is 0 Å². The lowest BCUT2D eigenvalue weighted by molar-refractivity contribution is -0.126. The van der Waals surface area contributed by atoms with Crippen LogP contribution >= 0.6 is 15.9 Å². The van der Waals surface area contributed by atoms with Gasteiger partial charge in [0, 0.05) is 36.3 Å². The van der Waals surface area contributed by atoms with Gasteiger partial charge in [-0.1, -0.05) is 6.07 Å². The highest BCUT2D eigenvalue weighted by Crippen LogP contribution is 2.31. The van der Waals surface area contributed by atoms with Crippen LogP contribution in [0.25, 0.3) is 27.6 Å². The number of nitrogens with zero attached hydrogens (tertiary/aromatic N) is 5. The molecule has 1 unspecified atom stereocenters. The fourth-order valence-electron chi connectivity index (χ4n) is 5.01. The van der Waals surface area contributed by atoms with Crippen LogP contribution < -0.4 is 10.6 Å². The lowest BCUT2D eigenvalue weighted by Crippen LogP contribution is -2.48. The number of amides is 1. The van der Waals surface area contributed by atoms with E-state index in [0.29, 0.717) is 29.4 Å². The molecule has 1 aromatic carbocycles. The predicted molar refractivity (Wildman–Crippen MR) is 136 cm³/mol. The molecular formula is C25H26BrN7O2. The van der Waals surface area contributed by atoms with Crippen LogP contribution in [0, 0.1) is 5.92 Å². The van der Waals surface area contributed by atoms with Crippen molar-refractivity contribution < 1.29 is 9.53 Å². The number of hydrogen-bond donors (Lipinski definition) is 2. The van der Waals surface area contributed by atoms with E-state index in [2.05, 4.69) is 48.6 Å². The van der Waals surface area contributed by atoms with Crippen LogP contribution in [-0.2, 0) is 9.53 Å². The Morgan fingerprint density at radius 3 is 3.03 bits per heavy atom. The number of carbonyl (C=O) groups excluding carboxylic acids is 1. The van der Waals surface area contributed by atoms with Crippen molar-refractivity contribution >= 4 is 49.7 Å². The number of fused-ring (bicyclic) bond motifs is 2. The van der Waals surface area contributed by atoms with Gasteiger partial charge in [-0.05, 0) is 72.8 Å². The van der Waals surface area contributed by atoms with Crippen LogP contribution in [0.3, 0.4) is 0 Å². The number of aromatic nitrogens is 5. The zero-order valence-corrected chi connectivity index (χ0v) is 21.0. The molecule has 0 spiro atoms. The molecule has 9 nitrogen and oxygen atoms in total. The highest BCUT2D eigenvalue weighted by molar-refractivity contribution is 9.10. The van der Waals surface area contributed by atoms with E-state index in [1.807, 2.05) is 35.0 Å². The third kappa shape index (κ3) is 4.36. The maximum absolute atomic E-state index is 12.8. The summed E-state index contributed by atoms with van der Waals surface area (Å²) in [6.45, 7) is 3.34. The van der Waals surface area contributed by atoms with Crippen molar-refractivity contribution in [2.24, 2.45) is 5.92 Å². The van der Waals surface area contributed by atoms with Gasteiger partial charge in [0.15, 0.2) is 5.65 Å². The fourth-order valence-corrected chi connectivity index (χ4v) is 5.45. The average molecular weight is 536 g/mol. The van der Waals surface area contributed by atoms with Gasteiger partial charge in [0.05, 0.1) is 28.7 Å². The van der Waals surface area contributed by atoms with E-state index < -0.39 is 0 Å². The zero-order chi connectivity index (χ0) is 24.0. The monoisotopic (exact) mass is 535 g/mol. The topological polar surface area (TPSA) is 107 Å². The average Bonchev–Trinajstić information content (AvgIpc) is 3.58. The summed E-state index contributed by atoms with van der Waals surface area (Å²) >= 11 is 3.54. The second-order valence-corrected chi connectivity index (χ2v) is 10.5. The predicted octanol–water partition coefficient (Wildman–Crippen LogP) is 4.00. The van der Waals surface area contributed by atoms with Crippen molar-refractivity contribution in [3.63, 3.8) is 0 Å². The molecule has 1 saturated heterocycles. The molecule has 180 valence electrons. The molecule has 3 aromatic heterocycles.